The van der Waals surface area contributed by atoms with Crippen LogP contribution < -0.4 is 5.32 Å². The van der Waals surface area contributed by atoms with Crippen LogP contribution in [-0.2, 0) is 0 Å². The van der Waals surface area contributed by atoms with Gasteiger partial charge in [-0.1, -0.05) is 0 Å². The van der Waals surface area contributed by atoms with E-state index in [2.05, 4.69) is 31.2 Å². The van der Waals surface area contributed by atoms with Gasteiger partial charge in [-0.3, -0.25) is 0 Å². The Morgan fingerprint density at radius 1 is 1.58 bits per heavy atom. The Morgan fingerprint density at radius 2 is 2.33 bits per heavy atom. The van der Waals surface area contributed by atoms with Gasteiger partial charge in [0.15, 0.2) is 0 Å². The van der Waals surface area contributed by atoms with Crippen molar-refractivity contribution in [3.05, 3.63) is 16.4 Å². The Hall–Kier alpha value is -0.640. The Labute approximate surface area is 79.7 Å². The molecule has 0 saturated heterocycles. The topological polar surface area (TPSA) is 37.8 Å². The van der Waals surface area contributed by atoms with Crippen LogP contribution in [-0.4, -0.2) is 16.0 Å². The third-order valence-electron chi connectivity index (χ3n) is 1.83. The van der Waals surface area contributed by atoms with Gasteiger partial charge in [0.1, 0.15) is 0 Å². The highest BCUT2D eigenvalue weighted by atomic mass is 79.9. The predicted molar refractivity (Wildman–Crippen MR) is 51.1 cm³/mol. The Bertz CT molecular complexity index is 296. The molecular formula is C8H10BrN3. The van der Waals surface area contributed by atoms with Gasteiger partial charge in [-0.15, -0.1) is 0 Å². The maximum atomic E-state index is 4.28. The number of anilines is 1. The fourth-order valence-electron chi connectivity index (χ4n) is 0.932. The second-order valence-corrected chi connectivity index (χ2v) is 3.90. The van der Waals surface area contributed by atoms with Crippen molar-refractivity contribution in [1.29, 1.82) is 0 Å². The minimum atomic E-state index is 0.616. The summed E-state index contributed by atoms with van der Waals surface area (Å²) in [6, 6.07) is 0.616. The van der Waals surface area contributed by atoms with Gasteiger partial charge in [0.2, 0.25) is 5.95 Å². The molecule has 3 nitrogen and oxygen atoms in total. The number of nitrogens with one attached hydrogen (secondary N) is 1. The molecular weight excluding hydrogens is 218 g/mol. The fourth-order valence-corrected chi connectivity index (χ4v) is 1.12. The molecule has 1 aromatic heterocycles. The lowest BCUT2D eigenvalue weighted by molar-refractivity contribution is 1.02. The van der Waals surface area contributed by atoms with Crippen molar-refractivity contribution >= 4 is 21.9 Å². The van der Waals surface area contributed by atoms with E-state index in [9.17, 15) is 0 Å². The molecule has 0 atom stereocenters. The molecule has 12 heavy (non-hydrogen) atoms. The first-order valence-corrected chi connectivity index (χ1v) is 4.80. The average molecular weight is 228 g/mol. The van der Waals surface area contributed by atoms with Crippen LogP contribution in [0.3, 0.4) is 0 Å². The Morgan fingerprint density at radius 3 is 2.92 bits per heavy atom. The first-order valence-electron chi connectivity index (χ1n) is 4.01. The quantitative estimate of drug-likeness (QED) is 0.842. The van der Waals surface area contributed by atoms with Crippen LogP contribution in [0.5, 0.6) is 0 Å². The molecule has 0 unspecified atom stereocenters. The molecule has 4 heteroatoms. The van der Waals surface area contributed by atoms with Gasteiger partial charge in [0.05, 0.1) is 10.2 Å². The van der Waals surface area contributed by atoms with Gasteiger partial charge in [-0.25, -0.2) is 9.97 Å². The average Bonchev–Trinajstić information content (AvgIpc) is 2.81. The minimum absolute atomic E-state index is 0.616. The van der Waals surface area contributed by atoms with Gasteiger partial charge in [-0.05, 0) is 35.7 Å². The van der Waals surface area contributed by atoms with Crippen LogP contribution in [0.25, 0.3) is 0 Å². The lowest BCUT2D eigenvalue weighted by atomic mass is 10.5. The number of hydrogen-bond donors (Lipinski definition) is 1. The van der Waals surface area contributed by atoms with E-state index >= 15 is 0 Å². The molecule has 0 bridgehead atoms. The van der Waals surface area contributed by atoms with Crippen molar-refractivity contribution < 1.29 is 0 Å². The van der Waals surface area contributed by atoms with Gasteiger partial charge >= 0.3 is 0 Å². The van der Waals surface area contributed by atoms with Crippen molar-refractivity contribution in [1.82, 2.24) is 9.97 Å². The fraction of sp³-hybridized carbons (Fsp3) is 0.500. The molecule has 1 aromatic rings. The predicted octanol–water partition coefficient (Wildman–Crippen LogP) is 2.12. The van der Waals surface area contributed by atoms with E-state index in [1.807, 2.05) is 6.92 Å². The van der Waals surface area contributed by atoms with Gasteiger partial charge < -0.3 is 5.32 Å². The summed E-state index contributed by atoms with van der Waals surface area (Å²) in [4.78, 5) is 8.43. The zero-order valence-electron chi connectivity index (χ0n) is 6.84. The van der Waals surface area contributed by atoms with E-state index in [1.165, 1.54) is 12.8 Å². The third kappa shape index (κ3) is 1.75. The second-order valence-electron chi connectivity index (χ2n) is 3.05. The van der Waals surface area contributed by atoms with Crippen molar-refractivity contribution in [2.75, 3.05) is 5.32 Å². The van der Waals surface area contributed by atoms with Crippen molar-refractivity contribution in [2.24, 2.45) is 0 Å². The smallest absolute Gasteiger partial charge is 0.223 e. The summed E-state index contributed by atoms with van der Waals surface area (Å²) in [6.07, 6.45) is 4.28. The van der Waals surface area contributed by atoms with E-state index in [0.717, 1.165) is 16.1 Å². The molecule has 0 aromatic carbocycles. The lowest BCUT2D eigenvalue weighted by Gasteiger charge is -2.03. The van der Waals surface area contributed by atoms with Gasteiger partial charge in [-0.2, -0.15) is 0 Å². The van der Waals surface area contributed by atoms with Crippen molar-refractivity contribution in [3.63, 3.8) is 0 Å². The number of rotatable bonds is 2. The van der Waals surface area contributed by atoms with Crippen LogP contribution in [0, 0.1) is 6.92 Å². The maximum Gasteiger partial charge on any atom is 0.223 e. The number of nitrogens with zero attached hydrogens (tertiary/aromatic N) is 2. The number of halogens is 1. The van der Waals surface area contributed by atoms with E-state index in [-0.39, 0.29) is 0 Å². The molecule has 1 heterocycles. The van der Waals surface area contributed by atoms with E-state index in [1.54, 1.807) is 6.20 Å². The molecule has 1 N–H and O–H groups in total. The summed E-state index contributed by atoms with van der Waals surface area (Å²) in [7, 11) is 0. The van der Waals surface area contributed by atoms with Crippen molar-refractivity contribution in [2.45, 2.75) is 25.8 Å². The standard InChI is InChI=1S/C8H10BrN3/c1-5-7(9)4-10-8(11-5)12-6-2-3-6/h4,6H,2-3H2,1H3,(H,10,11,12). The summed E-state index contributed by atoms with van der Waals surface area (Å²) in [5.74, 6) is 0.748. The molecule has 1 saturated carbocycles. The molecule has 2 rings (SSSR count). The molecule has 0 spiro atoms. The monoisotopic (exact) mass is 227 g/mol. The van der Waals surface area contributed by atoms with Gasteiger partial charge in [0.25, 0.3) is 0 Å². The Balaban J connectivity index is 2.15. The van der Waals surface area contributed by atoms with Crippen LogP contribution >= 0.6 is 15.9 Å². The molecule has 1 fully saturated rings. The largest absolute Gasteiger partial charge is 0.351 e. The zero-order valence-corrected chi connectivity index (χ0v) is 8.43. The lowest BCUT2D eigenvalue weighted by Crippen LogP contribution is -2.05. The SMILES string of the molecule is Cc1nc(NC2CC2)ncc1Br. The minimum Gasteiger partial charge on any atom is -0.351 e. The Kier molecular flexibility index (Phi) is 2.00. The normalized spacial score (nSPS) is 16.2. The molecule has 0 radical (unpaired) electrons. The van der Waals surface area contributed by atoms with E-state index < -0.39 is 0 Å². The molecule has 0 amide bonds. The van der Waals surface area contributed by atoms with Crippen LogP contribution in [0.4, 0.5) is 5.95 Å². The molecule has 1 aliphatic carbocycles. The first kappa shape index (κ1) is 7.98. The van der Waals surface area contributed by atoms with Gasteiger partial charge in [0, 0.05) is 12.2 Å². The highest BCUT2D eigenvalue weighted by molar-refractivity contribution is 9.10. The zero-order chi connectivity index (χ0) is 8.55. The van der Waals surface area contributed by atoms with Crippen LogP contribution in [0.2, 0.25) is 0 Å². The van der Waals surface area contributed by atoms with E-state index in [0.29, 0.717) is 6.04 Å². The molecule has 1 aliphatic rings. The molecule has 64 valence electrons. The van der Waals surface area contributed by atoms with Crippen LogP contribution in [0.1, 0.15) is 18.5 Å². The summed E-state index contributed by atoms with van der Waals surface area (Å²) in [5, 5.41) is 3.24. The van der Waals surface area contributed by atoms with E-state index in [4.69, 9.17) is 0 Å². The highest BCUT2D eigenvalue weighted by Crippen LogP contribution is 2.23. The maximum absolute atomic E-state index is 4.28. The summed E-state index contributed by atoms with van der Waals surface area (Å²) in [6.45, 7) is 1.96. The highest BCUT2D eigenvalue weighted by Gasteiger charge is 2.21. The first-order chi connectivity index (χ1) is 5.75. The van der Waals surface area contributed by atoms with Crippen LogP contribution in [0.15, 0.2) is 10.7 Å². The summed E-state index contributed by atoms with van der Waals surface area (Å²) >= 11 is 3.36. The number of aryl methyl sites for hydroxylation is 1. The summed E-state index contributed by atoms with van der Waals surface area (Å²) in [5.41, 5.74) is 0.980. The number of hydrogen-bond acceptors (Lipinski definition) is 3. The van der Waals surface area contributed by atoms with Crippen molar-refractivity contribution in [3.8, 4) is 0 Å². The number of aromatic nitrogens is 2. The summed E-state index contributed by atoms with van der Waals surface area (Å²) < 4.78 is 0.962. The third-order valence-corrected chi connectivity index (χ3v) is 2.61. The molecule has 0 aliphatic heterocycles. The second kappa shape index (κ2) is 3.01.